The summed E-state index contributed by atoms with van der Waals surface area (Å²) in [5.41, 5.74) is 8.65. The molecule has 2 atom stereocenters. The Balaban J connectivity index is 2.25. The summed E-state index contributed by atoms with van der Waals surface area (Å²) in [5.74, 6) is 0. The number of nitrogens with two attached hydrogens (primary N) is 1. The van der Waals surface area contributed by atoms with Gasteiger partial charge in [0.05, 0.1) is 10.7 Å². The first-order chi connectivity index (χ1) is 10.1. The van der Waals surface area contributed by atoms with Crippen molar-refractivity contribution < 1.29 is 0 Å². The van der Waals surface area contributed by atoms with E-state index in [9.17, 15) is 0 Å². The number of likely N-dealkylation sites (N-methyl/N-ethyl adjacent to an activating group) is 1. The van der Waals surface area contributed by atoms with Crippen molar-refractivity contribution in [3.8, 4) is 0 Å². The van der Waals surface area contributed by atoms with Crippen LogP contribution in [0.2, 0.25) is 5.02 Å². The molecule has 1 heterocycles. The number of hydrogen-bond acceptors (Lipinski definition) is 3. The molecule has 1 saturated heterocycles. The summed E-state index contributed by atoms with van der Waals surface area (Å²) < 4.78 is 0. The van der Waals surface area contributed by atoms with Crippen molar-refractivity contribution in [2.45, 2.75) is 45.2 Å². The van der Waals surface area contributed by atoms with Gasteiger partial charge < -0.3 is 10.6 Å². The summed E-state index contributed by atoms with van der Waals surface area (Å²) in [6, 6.07) is 7.02. The van der Waals surface area contributed by atoms with Crippen molar-refractivity contribution >= 4 is 17.3 Å². The fraction of sp³-hybridized carbons (Fsp3) is 0.647. The van der Waals surface area contributed by atoms with Crippen LogP contribution in [0.4, 0.5) is 5.69 Å². The number of anilines is 1. The number of benzene rings is 1. The van der Waals surface area contributed by atoms with E-state index in [4.69, 9.17) is 17.3 Å². The molecule has 3 nitrogen and oxygen atoms in total. The fourth-order valence-electron chi connectivity index (χ4n) is 3.10. The van der Waals surface area contributed by atoms with Crippen LogP contribution in [0.5, 0.6) is 0 Å². The molecule has 2 N–H and O–H groups in total. The molecule has 0 aromatic heterocycles. The Labute approximate surface area is 134 Å². The third kappa shape index (κ3) is 3.91. The van der Waals surface area contributed by atoms with Crippen molar-refractivity contribution in [1.29, 1.82) is 0 Å². The van der Waals surface area contributed by atoms with Crippen molar-refractivity contribution in [3.63, 3.8) is 0 Å². The zero-order valence-electron chi connectivity index (χ0n) is 13.5. The Morgan fingerprint density at radius 3 is 2.76 bits per heavy atom. The third-order valence-electron chi connectivity index (χ3n) is 4.64. The van der Waals surface area contributed by atoms with Gasteiger partial charge in [0.15, 0.2) is 0 Å². The quantitative estimate of drug-likeness (QED) is 0.907. The molecule has 0 bridgehead atoms. The molecule has 2 unspecified atom stereocenters. The lowest BCUT2D eigenvalue weighted by atomic mass is 10.0. The van der Waals surface area contributed by atoms with Crippen LogP contribution in [-0.4, -0.2) is 43.7 Å². The van der Waals surface area contributed by atoms with E-state index in [0.717, 1.165) is 37.5 Å². The lowest BCUT2D eigenvalue weighted by Gasteiger charge is -2.41. The molecule has 4 heteroatoms. The van der Waals surface area contributed by atoms with Gasteiger partial charge in [-0.05, 0) is 37.9 Å². The first-order valence-electron chi connectivity index (χ1n) is 8.04. The average Bonchev–Trinajstić information content (AvgIpc) is 2.48. The second-order valence-corrected chi connectivity index (χ2v) is 6.52. The summed E-state index contributed by atoms with van der Waals surface area (Å²) in [4.78, 5) is 4.90. The maximum absolute atomic E-state index is 6.52. The minimum absolute atomic E-state index is 0.205. The number of piperazine rings is 1. The van der Waals surface area contributed by atoms with Gasteiger partial charge in [-0.3, -0.25) is 4.90 Å². The zero-order chi connectivity index (χ0) is 15.4. The average molecular weight is 310 g/mol. The number of nitrogens with zero attached hydrogens (tertiary/aromatic N) is 2. The highest BCUT2D eigenvalue weighted by atomic mass is 35.5. The van der Waals surface area contributed by atoms with E-state index in [2.05, 4.69) is 36.8 Å². The fourth-order valence-corrected chi connectivity index (χ4v) is 3.41. The van der Waals surface area contributed by atoms with Crippen LogP contribution in [0.3, 0.4) is 0 Å². The Hall–Kier alpha value is -0.770. The topological polar surface area (TPSA) is 32.5 Å². The smallest absolute Gasteiger partial charge is 0.0642 e. The van der Waals surface area contributed by atoms with Crippen LogP contribution in [0.1, 0.15) is 32.3 Å². The van der Waals surface area contributed by atoms with Crippen molar-refractivity contribution in [2.75, 3.05) is 31.6 Å². The molecule has 2 rings (SSSR count). The van der Waals surface area contributed by atoms with Crippen LogP contribution in [0.25, 0.3) is 0 Å². The van der Waals surface area contributed by atoms with Crippen molar-refractivity contribution in [1.82, 2.24) is 4.90 Å². The largest absolute Gasteiger partial charge is 0.367 e. The van der Waals surface area contributed by atoms with Gasteiger partial charge >= 0.3 is 0 Å². The summed E-state index contributed by atoms with van der Waals surface area (Å²) in [6.07, 6.45) is 3.06. The molecule has 0 spiro atoms. The second-order valence-electron chi connectivity index (χ2n) is 6.11. The van der Waals surface area contributed by atoms with Gasteiger partial charge in [-0.2, -0.15) is 0 Å². The molecule has 0 amide bonds. The lowest BCUT2D eigenvalue weighted by Crippen LogP contribution is -2.51. The van der Waals surface area contributed by atoms with E-state index < -0.39 is 0 Å². The molecule has 118 valence electrons. The Bertz CT molecular complexity index is 463. The lowest BCUT2D eigenvalue weighted by molar-refractivity contribution is 0.213. The van der Waals surface area contributed by atoms with Crippen LogP contribution in [0.15, 0.2) is 18.2 Å². The number of hydrogen-bond donors (Lipinski definition) is 1. The molecular weight excluding hydrogens is 282 g/mol. The van der Waals surface area contributed by atoms with E-state index in [1.54, 1.807) is 0 Å². The van der Waals surface area contributed by atoms with Gasteiger partial charge in [0.1, 0.15) is 0 Å². The molecule has 1 fully saturated rings. The Morgan fingerprint density at radius 1 is 1.33 bits per heavy atom. The molecular formula is C17H28ClN3. The Morgan fingerprint density at radius 2 is 2.10 bits per heavy atom. The highest BCUT2D eigenvalue weighted by Gasteiger charge is 2.25. The Kier molecular flexibility index (Phi) is 5.91. The predicted octanol–water partition coefficient (Wildman–Crippen LogP) is 3.15. The van der Waals surface area contributed by atoms with E-state index >= 15 is 0 Å². The molecule has 1 aromatic carbocycles. The first-order valence-corrected chi connectivity index (χ1v) is 8.42. The molecule has 1 aromatic rings. The first kappa shape index (κ1) is 16.6. The number of rotatable bonds is 5. The van der Waals surface area contributed by atoms with Gasteiger partial charge in [-0.25, -0.2) is 0 Å². The maximum atomic E-state index is 6.52. The van der Waals surface area contributed by atoms with Gasteiger partial charge in [-0.1, -0.05) is 37.6 Å². The van der Waals surface area contributed by atoms with Gasteiger partial charge in [-0.15, -0.1) is 0 Å². The molecule has 1 aliphatic heterocycles. The number of para-hydroxylation sites is 1. The summed E-state index contributed by atoms with van der Waals surface area (Å²) in [5, 5.41) is 0.857. The molecule has 0 radical (unpaired) electrons. The minimum Gasteiger partial charge on any atom is -0.367 e. The van der Waals surface area contributed by atoms with Gasteiger partial charge in [0.25, 0.3) is 0 Å². The minimum atomic E-state index is 0.205. The highest BCUT2D eigenvalue weighted by Crippen LogP contribution is 2.32. The van der Waals surface area contributed by atoms with E-state index in [1.165, 1.54) is 17.7 Å². The van der Waals surface area contributed by atoms with Crippen LogP contribution in [0, 0.1) is 0 Å². The van der Waals surface area contributed by atoms with Crippen molar-refractivity contribution in [2.24, 2.45) is 5.73 Å². The van der Waals surface area contributed by atoms with Gasteiger partial charge in [0, 0.05) is 31.7 Å². The number of halogens is 1. The summed E-state index contributed by atoms with van der Waals surface area (Å²) >= 11 is 6.52. The van der Waals surface area contributed by atoms with Gasteiger partial charge in [0.2, 0.25) is 0 Å². The zero-order valence-corrected chi connectivity index (χ0v) is 14.2. The highest BCUT2D eigenvalue weighted by molar-refractivity contribution is 6.33. The van der Waals surface area contributed by atoms with Crippen LogP contribution < -0.4 is 10.6 Å². The standard InChI is InChI=1S/C17H28ClN3/c1-4-14(19)11-13-7-6-8-16(18)17(13)21-10-9-20(3)15(5-2)12-21/h6-8,14-15H,4-5,9-12,19H2,1-3H3. The SMILES string of the molecule is CCC(N)Cc1cccc(Cl)c1N1CCN(C)C(CC)C1. The molecule has 1 aliphatic rings. The van der Waals surface area contributed by atoms with E-state index in [-0.39, 0.29) is 6.04 Å². The molecule has 21 heavy (non-hydrogen) atoms. The monoisotopic (exact) mass is 309 g/mol. The molecule has 0 saturated carbocycles. The van der Waals surface area contributed by atoms with E-state index in [0.29, 0.717) is 6.04 Å². The van der Waals surface area contributed by atoms with Crippen molar-refractivity contribution in [3.05, 3.63) is 28.8 Å². The maximum Gasteiger partial charge on any atom is 0.0642 e. The molecule has 0 aliphatic carbocycles. The predicted molar refractivity (Wildman–Crippen MR) is 92.3 cm³/mol. The third-order valence-corrected chi connectivity index (χ3v) is 4.95. The summed E-state index contributed by atoms with van der Waals surface area (Å²) in [6.45, 7) is 7.56. The van der Waals surface area contributed by atoms with E-state index in [1.807, 2.05) is 12.1 Å². The second kappa shape index (κ2) is 7.48. The van der Waals surface area contributed by atoms with Crippen LogP contribution >= 0.6 is 11.6 Å². The van der Waals surface area contributed by atoms with Crippen LogP contribution in [-0.2, 0) is 6.42 Å². The normalized spacial score (nSPS) is 21.6. The summed E-state index contributed by atoms with van der Waals surface area (Å²) in [7, 11) is 2.21.